The van der Waals surface area contributed by atoms with Crippen LogP contribution in [0.5, 0.6) is 11.5 Å². The van der Waals surface area contributed by atoms with E-state index in [2.05, 4.69) is 4.98 Å². The molecule has 0 saturated carbocycles. The normalized spacial score (nSPS) is 10.0. The summed E-state index contributed by atoms with van der Waals surface area (Å²) in [7, 11) is 1.65. The van der Waals surface area contributed by atoms with Gasteiger partial charge in [0, 0.05) is 11.8 Å². The molecule has 0 amide bonds. The highest BCUT2D eigenvalue weighted by atomic mass is 16.5. The summed E-state index contributed by atoms with van der Waals surface area (Å²) in [6, 6.07) is 11.5. The van der Waals surface area contributed by atoms with Crippen LogP contribution in [-0.4, -0.2) is 18.7 Å². The Balaban J connectivity index is 2.48. The van der Waals surface area contributed by atoms with E-state index in [0.717, 1.165) is 22.8 Å². The van der Waals surface area contributed by atoms with E-state index in [-0.39, 0.29) is 0 Å². The first-order chi connectivity index (χ1) is 8.35. The molecule has 2 rings (SSSR count). The zero-order chi connectivity index (χ0) is 12.1. The van der Waals surface area contributed by atoms with E-state index >= 15 is 0 Å². The van der Waals surface area contributed by atoms with Gasteiger partial charge in [0.05, 0.1) is 19.4 Å². The predicted molar refractivity (Wildman–Crippen MR) is 67.4 cm³/mol. The van der Waals surface area contributed by atoms with Gasteiger partial charge in [-0.1, -0.05) is 6.07 Å². The second-order valence-corrected chi connectivity index (χ2v) is 3.51. The summed E-state index contributed by atoms with van der Waals surface area (Å²) in [6.07, 6.45) is 1.77. The number of aromatic nitrogens is 1. The van der Waals surface area contributed by atoms with Crippen molar-refractivity contribution in [1.82, 2.24) is 4.98 Å². The van der Waals surface area contributed by atoms with Gasteiger partial charge in [-0.15, -0.1) is 0 Å². The summed E-state index contributed by atoms with van der Waals surface area (Å²) in [4.78, 5) is 4.33. The van der Waals surface area contributed by atoms with Crippen LogP contribution in [0.15, 0.2) is 42.6 Å². The quantitative estimate of drug-likeness (QED) is 0.807. The lowest BCUT2D eigenvalue weighted by Gasteiger charge is -2.11. The maximum absolute atomic E-state index is 5.60. The molecule has 3 nitrogen and oxygen atoms in total. The van der Waals surface area contributed by atoms with Crippen molar-refractivity contribution in [3.05, 3.63) is 42.6 Å². The number of benzene rings is 1. The van der Waals surface area contributed by atoms with Gasteiger partial charge in [-0.2, -0.15) is 0 Å². The van der Waals surface area contributed by atoms with Crippen LogP contribution in [0.25, 0.3) is 11.3 Å². The van der Waals surface area contributed by atoms with Crippen molar-refractivity contribution in [2.75, 3.05) is 13.7 Å². The predicted octanol–water partition coefficient (Wildman–Crippen LogP) is 3.16. The molecule has 88 valence electrons. The fourth-order valence-electron chi connectivity index (χ4n) is 1.64. The molecule has 1 aromatic carbocycles. The molecule has 1 aromatic heterocycles. The van der Waals surface area contributed by atoms with E-state index in [9.17, 15) is 0 Å². The van der Waals surface area contributed by atoms with Crippen LogP contribution < -0.4 is 9.47 Å². The average molecular weight is 229 g/mol. The van der Waals surface area contributed by atoms with Crippen molar-refractivity contribution in [3.8, 4) is 22.8 Å². The van der Waals surface area contributed by atoms with Crippen molar-refractivity contribution < 1.29 is 9.47 Å². The van der Waals surface area contributed by atoms with E-state index in [1.165, 1.54) is 0 Å². The molecule has 17 heavy (non-hydrogen) atoms. The van der Waals surface area contributed by atoms with Crippen LogP contribution in [0.4, 0.5) is 0 Å². The summed E-state index contributed by atoms with van der Waals surface area (Å²) in [5, 5.41) is 0. The summed E-state index contributed by atoms with van der Waals surface area (Å²) in [5.41, 5.74) is 1.83. The number of nitrogens with zero attached hydrogens (tertiary/aromatic N) is 1. The Hall–Kier alpha value is -2.03. The van der Waals surface area contributed by atoms with Crippen LogP contribution in [-0.2, 0) is 0 Å². The van der Waals surface area contributed by atoms with Gasteiger partial charge in [-0.05, 0) is 37.3 Å². The molecule has 0 radical (unpaired) electrons. The Bertz CT molecular complexity index is 483. The second-order valence-electron chi connectivity index (χ2n) is 3.51. The van der Waals surface area contributed by atoms with Crippen molar-refractivity contribution in [1.29, 1.82) is 0 Å². The molecule has 0 N–H and O–H groups in total. The highest BCUT2D eigenvalue weighted by Crippen LogP contribution is 2.32. The lowest BCUT2D eigenvalue weighted by molar-refractivity contribution is 0.340. The van der Waals surface area contributed by atoms with Gasteiger partial charge in [0.15, 0.2) is 0 Å². The minimum absolute atomic E-state index is 0.631. The molecular formula is C14H15NO2. The van der Waals surface area contributed by atoms with Gasteiger partial charge in [0.2, 0.25) is 0 Å². The van der Waals surface area contributed by atoms with Crippen molar-refractivity contribution >= 4 is 0 Å². The van der Waals surface area contributed by atoms with Gasteiger partial charge in [0.1, 0.15) is 11.5 Å². The number of hydrogen-bond acceptors (Lipinski definition) is 3. The van der Waals surface area contributed by atoms with Gasteiger partial charge in [-0.3, -0.25) is 4.98 Å². The Morgan fingerprint density at radius 2 is 2.06 bits per heavy atom. The molecule has 0 fully saturated rings. The number of methoxy groups -OCH3 is 1. The first-order valence-electron chi connectivity index (χ1n) is 5.57. The van der Waals surface area contributed by atoms with E-state index in [1.807, 2.05) is 43.3 Å². The highest BCUT2D eigenvalue weighted by Gasteiger charge is 2.08. The fourth-order valence-corrected chi connectivity index (χ4v) is 1.64. The third-order valence-electron chi connectivity index (χ3n) is 2.43. The molecule has 0 aliphatic carbocycles. The van der Waals surface area contributed by atoms with Gasteiger partial charge >= 0.3 is 0 Å². The number of pyridine rings is 1. The van der Waals surface area contributed by atoms with Crippen molar-refractivity contribution in [3.63, 3.8) is 0 Å². The van der Waals surface area contributed by atoms with Gasteiger partial charge in [-0.25, -0.2) is 0 Å². The summed E-state index contributed by atoms with van der Waals surface area (Å²) >= 11 is 0. The minimum Gasteiger partial charge on any atom is -0.497 e. The van der Waals surface area contributed by atoms with Crippen LogP contribution >= 0.6 is 0 Å². The van der Waals surface area contributed by atoms with Crippen LogP contribution in [0.3, 0.4) is 0 Å². The fraction of sp³-hybridized carbons (Fsp3) is 0.214. The summed E-state index contributed by atoms with van der Waals surface area (Å²) in [6.45, 7) is 2.60. The van der Waals surface area contributed by atoms with Crippen LogP contribution in [0.2, 0.25) is 0 Å². The first-order valence-corrected chi connectivity index (χ1v) is 5.57. The highest BCUT2D eigenvalue weighted by molar-refractivity contribution is 5.68. The van der Waals surface area contributed by atoms with Crippen molar-refractivity contribution in [2.24, 2.45) is 0 Å². The summed E-state index contributed by atoms with van der Waals surface area (Å²) < 4.78 is 10.8. The molecule has 2 aromatic rings. The Morgan fingerprint density at radius 1 is 1.18 bits per heavy atom. The molecule has 0 aliphatic rings. The Kier molecular flexibility index (Phi) is 3.60. The lowest BCUT2D eigenvalue weighted by atomic mass is 10.1. The Labute approximate surface area is 101 Å². The molecule has 0 bridgehead atoms. The van der Waals surface area contributed by atoms with Crippen LogP contribution in [0.1, 0.15) is 6.92 Å². The average Bonchev–Trinajstić information content (AvgIpc) is 2.40. The molecule has 1 heterocycles. The summed E-state index contributed by atoms with van der Waals surface area (Å²) in [5.74, 6) is 1.63. The maximum atomic E-state index is 5.60. The second kappa shape index (κ2) is 5.34. The number of ether oxygens (including phenoxy) is 2. The van der Waals surface area contributed by atoms with E-state index in [4.69, 9.17) is 9.47 Å². The molecule has 0 unspecified atom stereocenters. The number of hydrogen-bond donors (Lipinski definition) is 0. The third-order valence-corrected chi connectivity index (χ3v) is 2.43. The maximum Gasteiger partial charge on any atom is 0.128 e. The molecule has 0 saturated heterocycles. The van der Waals surface area contributed by atoms with Crippen LogP contribution in [0, 0.1) is 0 Å². The topological polar surface area (TPSA) is 31.4 Å². The standard InChI is InChI=1S/C14H15NO2/c1-3-17-14-8-7-11(16-2)10-12(14)13-6-4-5-9-15-13/h4-10H,3H2,1-2H3. The van der Waals surface area contributed by atoms with E-state index in [1.54, 1.807) is 13.3 Å². The molecule has 0 atom stereocenters. The minimum atomic E-state index is 0.631. The first kappa shape index (κ1) is 11.5. The molecular weight excluding hydrogens is 214 g/mol. The number of rotatable bonds is 4. The van der Waals surface area contributed by atoms with E-state index < -0.39 is 0 Å². The van der Waals surface area contributed by atoms with E-state index in [0.29, 0.717) is 6.61 Å². The van der Waals surface area contributed by atoms with Crippen molar-refractivity contribution in [2.45, 2.75) is 6.92 Å². The van der Waals surface area contributed by atoms with Gasteiger partial charge in [0.25, 0.3) is 0 Å². The molecule has 0 aliphatic heterocycles. The lowest BCUT2D eigenvalue weighted by Crippen LogP contribution is -1.95. The Morgan fingerprint density at radius 3 is 2.71 bits per heavy atom. The molecule has 0 spiro atoms. The zero-order valence-corrected chi connectivity index (χ0v) is 10.0. The third kappa shape index (κ3) is 2.56. The largest absolute Gasteiger partial charge is 0.497 e. The van der Waals surface area contributed by atoms with Gasteiger partial charge < -0.3 is 9.47 Å². The zero-order valence-electron chi connectivity index (χ0n) is 10.0. The SMILES string of the molecule is CCOc1ccc(OC)cc1-c1ccccn1. The smallest absolute Gasteiger partial charge is 0.128 e. The molecule has 3 heteroatoms. The monoisotopic (exact) mass is 229 g/mol.